The van der Waals surface area contributed by atoms with Crippen LogP contribution in [0.2, 0.25) is 0 Å². The van der Waals surface area contributed by atoms with Crippen molar-refractivity contribution in [3.05, 3.63) is 35.9 Å². The number of benzene rings is 1. The van der Waals surface area contributed by atoms with Gasteiger partial charge in [-0.3, -0.25) is 4.90 Å². The van der Waals surface area contributed by atoms with Crippen molar-refractivity contribution in [2.24, 2.45) is 0 Å². The number of rotatable bonds is 4. The van der Waals surface area contributed by atoms with Gasteiger partial charge >= 0.3 is 5.97 Å². The summed E-state index contributed by atoms with van der Waals surface area (Å²) in [5, 5.41) is 9.35. The Labute approximate surface area is 114 Å². The first-order chi connectivity index (χ1) is 9.16. The first-order valence-corrected chi connectivity index (χ1v) is 6.71. The van der Waals surface area contributed by atoms with Gasteiger partial charge in [0, 0.05) is 20.2 Å². The Morgan fingerprint density at radius 1 is 1.32 bits per heavy atom. The average Bonchev–Trinajstić information content (AvgIpc) is 2.63. The SMILES string of the molecule is COC1(C(=O)O)CCCN(Cc2ccccc2)CC1. The minimum absolute atomic E-state index is 0.547. The summed E-state index contributed by atoms with van der Waals surface area (Å²) in [5.41, 5.74) is 0.272. The molecule has 0 spiro atoms. The van der Waals surface area contributed by atoms with Gasteiger partial charge in [-0.2, -0.15) is 0 Å². The molecule has 0 aliphatic carbocycles. The molecule has 2 rings (SSSR count). The van der Waals surface area contributed by atoms with Crippen LogP contribution < -0.4 is 0 Å². The van der Waals surface area contributed by atoms with Crippen molar-refractivity contribution >= 4 is 5.97 Å². The highest BCUT2D eigenvalue weighted by Gasteiger charge is 2.39. The fourth-order valence-electron chi connectivity index (χ4n) is 2.67. The zero-order valence-corrected chi connectivity index (χ0v) is 11.3. The maximum absolute atomic E-state index is 11.4. The number of hydrogen-bond acceptors (Lipinski definition) is 3. The van der Waals surface area contributed by atoms with Crippen LogP contribution in [0.3, 0.4) is 0 Å². The molecule has 19 heavy (non-hydrogen) atoms. The van der Waals surface area contributed by atoms with Crippen molar-refractivity contribution in [3.63, 3.8) is 0 Å². The summed E-state index contributed by atoms with van der Waals surface area (Å²) >= 11 is 0. The Morgan fingerprint density at radius 3 is 2.68 bits per heavy atom. The lowest BCUT2D eigenvalue weighted by atomic mass is 9.95. The van der Waals surface area contributed by atoms with E-state index in [0.717, 1.165) is 26.1 Å². The third kappa shape index (κ3) is 3.33. The monoisotopic (exact) mass is 263 g/mol. The van der Waals surface area contributed by atoms with Crippen LogP contribution >= 0.6 is 0 Å². The number of carboxylic acids is 1. The van der Waals surface area contributed by atoms with Crippen molar-refractivity contribution in [1.29, 1.82) is 0 Å². The fraction of sp³-hybridized carbons (Fsp3) is 0.533. The molecule has 0 aromatic heterocycles. The lowest BCUT2D eigenvalue weighted by Crippen LogP contribution is -2.41. The number of carbonyl (C=O) groups is 1. The summed E-state index contributed by atoms with van der Waals surface area (Å²) in [5.74, 6) is -0.837. The number of aliphatic carboxylic acids is 1. The molecule has 1 saturated heterocycles. The van der Waals surface area contributed by atoms with Crippen LogP contribution in [0.15, 0.2) is 30.3 Å². The summed E-state index contributed by atoms with van der Waals surface area (Å²) in [4.78, 5) is 13.7. The van der Waals surface area contributed by atoms with Gasteiger partial charge in [-0.15, -0.1) is 0 Å². The van der Waals surface area contributed by atoms with Crippen molar-refractivity contribution in [3.8, 4) is 0 Å². The third-order valence-corrected chi connectivity index (χ3v) is 3.92. The van der Waals surface area contributed by atoms with Gasteiger partial charge in [0.2, 0.25) is 0 Å². The van der Waals surface area contributed by atoms with Crippen molar-refractivity contribution in [2.45, 2.75) is 31.4 Å². The molecular formula is C15H21NO3. The van der Waals surface area contributed by atoms with Gasteiger partial charge in [0.1, 0.15) is 0 Å². The first-order valence-electron chi connectivity index (χ1n) is 6.71. The van der Waals surface area contributed by atoms with E-state index in [1.807, 2.05) is 18.2 Å². The highest BCUT2D eigenvalue weighted by molar-refractivity contribution is 5.77. The molecule has 1 aliphatic rings. The number of nitrogens with zero attached hydrogens (tertiary/aromatic N) is 1. The van der Waals surface area contributed by atoms with E-state index in [1.165, 1.54) is 12.7 Å². The van der Waals surface area contributed by atoms with Crippen molar-refractivity contribution in [1.82, 2.24) is 4.90 Å². The van der Waals surface area contributed by atoms with E-state index >= 15 is 0 Å². The Hall–Kier alpha value is -1.39. The Balaban J connectivity index is 1.99. The molecule has 0 radical (unpaired) electrons. The second-order valence-electron chi connectivity index (χ2n) is 5.12. The zero-order valence-electron chi connectivity index (χ0n) is 11.3. The lowest BCUT2D eigenvalue weighted by Gasteiger charge is -2.26. The summed E-state index contributed by atoms with van der Waals surface area (Å²) in [7, 11) is 1.50. The summed E-state index contributed by atoms with van der Waals surface area (Å²) in [6, 6.07) is 10.3. The number of hydrogen-bond donors (Lipinski definition) is 1. The van der Waals surface area contributed by atoms with Gasteiger partial charge in [-0.05, 0) is 31.4 Å². The average molecular weight is 263 g/mol. The van der Waals surface area contributed by atoms with Gasteiger partial charge < -0.3 is 9.84 Å². The molecule has 104 valence electrons. The van der Waals surface area contributed by atoms with Gasteiger partial charge in [-0.25, -0.2) is 4.79 Å². The van der Waals surface area contributed by atoms with Crippen molar-refractivity contribution in [2.75, 3.05) is 20.2 Å². The standard InChI is InChI=1S/C15H21NO3/c1-19-15(14(17)18)8-5-10-16(11-9-15)12-13-6-3-2-4-7-13/h2-4,6-7H,5,8-12H2,1H3,(H,17,18). The summed E-state index contributed by atoms with van der Waals surface area (Å²) in [6.45, 7) is 2.56. The Bertz CT molecular complexity index is 421. The fourth-order valence-corrected chi connectivity index (χ4v) is 2.67. The molecule has 1 atom stereocenters. The van der Waals surface area contributed by atoms with Crippen molar-refractivity contribution < 1.29 is 14.6 Å². The van der Waals surface area contributed by atoms with Crippen LogP contribution in [-0.4, -0.2) is 41.8 Å². The Morgan fingerprint density at radius 2 is 2.05 bits per heavy atom. The van der Waals surface area contributed by atoms with Crippen LogP contribution in [0.5, 0.6) is 0 Å². The van der Waals surface area contributed by atoms with Crippen LogP contribution in [0.25, 0.3) is 0 Å². The largest absolute Gasteiger partial charge is 0.479 e. The van der Waals surface area contributed by atoms with E-state index in [2.05, 4.69) is 17.0 Å². The molecular weight excluding hydrogens is 242 g/mol. The molecule has 4 heteroatoms. The van der Waals surface area contributed by atoms with Gasteiger partial charge in [0.25, 0.3) is 0 Å². The van der Waals surface area contributed by atoms with Gasteiger partial charge in [0.05, 0.1) is 0 Å². The molecule has 0 amide bonds. The van der Waals surface area contributed by atoms with Gasteiger partial charge in [-0.1, -0.05) is 30.3 Å². The van der Waals surface area contributed by atoms with E-state index in [-0.39, 0.29) is 0 Å². The molecule has 1 unspecified atom stereocenters. The minimum atomic E-state index is -0.995. The molecule has 1 aromatic carbocycles. The lowest BCUT2D eigenvalue weighted by molar-refractivity contribution is -0.163. The minimum Gasteiger partial charge on any atom is -0.479 e. The summed E-state index contributed by atoms with van der Waals surface area (Å²) < 4.78 is 5.29. The molecule has 0 saturated carbocycles. The first kappa shape index (κ1) is 14.0. The predicted molar refractivity (Wildman–Crippen MR) is 72.9 cm³/mol. The normalized spacial score (nSPS) is 24.9. The van der Waals surface area contributed by atoms with Crippen LogP contribution in [0.1, 0.15) is 24.8 Å². The van der Waals surface area contributed by atoms with Crippen LogP contribution in [-0.2, 0) is 16.1 Å². The van der Waals surface area contributed by atoms with Crippen LogP contribution in [0.4, 0.5) is 0 Å². The quantitative estimate of drug-likeness (QED) is 0.904. The molecule has 1 heterocycles. The van der Waals surface area contributed by atoms with E-state index in [1.54, 1.807) is 0 Å². The van der Waals surface area contributed by atoms with E-state index in [9.17, 15) is 9.90 Å². The number of carboxylic acid groups (broad SMARTS) is 1. The maximum atomic E-state index is 11.4. The van der Waals surface area contributed by atoms with E-state index < -0.39 is 11.6 Å². The molecule has 1 fully saturated rings. The number of ether oxygens (including phenoxy) is 1. The highest BCUT2D eigenvalue weighted by atomic mass is 16.5. The highest BCUT2D eigenvalue weighted by Crippen LogP contribution is 2.26. The van der Waals surface area contributed by atoms with E-state index in [0.29, 0.717) is 12.8 Å². The molecule has 4 nitrogen and oxygen atoms in total. The maximum Gasteiger partial charge on any atom is 0.336 e. The van der Waals surface area contributed by atoms with Crippen LogP contribution in [0, 0.1) is 0 Å². The number of methoxy groups -OCH3 is 1. The summed E-state index contributed by atoms with van der Waals surface area (Å²) in [6.07, 6.45) is 1.99. The Kier molecular flexibility index (Phi) is 4.56. The molecule has 1 aromatic rings. The third-order valence-electron chi connectivity index (χ3n) is 3.92. The smallest absolute Gasteiger partial charge is 0.336 e. The second kappa shape index (κ2) is 6.17. The molecule has 1 aliphatic heterocycles. The number of likely N-dealkylation sites (tertiary alicyclic amines) is 1. The zero-order chi connectivity index (χ0) is 13.7. The topological polar surface area (TPSA) is 49.8 Å². The van der Waals surface area contributed by atoms with E-state index in [4.69, 9.17) is 4.74 Å². The second-order valence-corrected chi connectivity index (χ2v) is 5.12. The molecule has 0 bridgehead atoms. The van der Waals surface area contributed by atoms with Gasteiger partial charge in [0.15, 0.2) is 5.60 Å². The predicted octanol–water partition coefficient (Wildman–Crippen LogP) is 2.14. The molecule has 1 N–H and O–H groups in total.